The first-order valence-electron chi connectivity index (χ1n) is 8.10. The average molecular weight is 365 g/mol. The Morgan fingerprint density at radius 3 is 2.88 bits per heavy atom. The van der Waals surface area contributed by atoms with E-state index in [4.69, 9.17) is 16.3 Å². The highest BCUT2D eigenvalue weighted by Crippen LogP contribution is 2.23. The summed E-state index contributed by atoms with van der Waals surface area (Å²) < 4.78 is 6.75. The first kappa shape index (κ1) is 17.5. The number of urea groups is 1. The van der Waals surface area contributed by atoms with E-state index >= 15 is 0 Å². The van der Waals surface area contributed by atoms with Gasteiger partial charge in [0.05, 0.1) is 30.1 Å². The summed E-state index contributed by atoms with van der Waals surface area (Å²) in [7, 11) is 1.64. The summed E-state index contributed by atoms with van der Waals surface area (Å²) in [5.74, 6) is 0.767. The summed E-state index contributed by atoms with van der Waals surface area (Å²) in [6.07, 6.45) is 5.15. The zero-order valence-corrected chi connectivity index (χ0v) is 14.8. The minimum absolute atomic E-state index is 0.127. The van der Waals surface area contributed by atoms with Crippen molar-refractivity contribution < 1.29 is 9.53 Å². The molecule has 9 heteroatoms. The van der Waals surface area contributed by atoms with Crippen molar-refractivity contribution in [1.29, 1.82) is 0 Å². The molecule has 134 valence electrons. The van der Waals surface area contributed by atoms with Crippen molar-refractivity contribution in [3.8, 4) is 0 Å². The highest BCUT2D eigenvalue weighted by molar-refractivity contribution is 6.32. The molecule has 2 aromatic heterocycles. The SMILES string of the molecule is COCCn1cc(NC(=O)N2CCN(c3ncccc3Cl)CC2)cn1. The van der Waals surface area contributed by atoms with Gasteiger partial charge in [-0.1, -0.05) is 11.6 Å². The van der Waals surface area contributed by atoms with Gasteiger partial charge in [0, 0.05) is 45.7 Å². The lowest BCUT2D eigenvalue weighted by molar-refractivity contribution is 0.183. The Balaban J connectivity index is 1.51. The molecular formula is C16H21ClN6O2. The van der Waals surface area contributed by atoms with Gasteiger partial charge in [0.25, 0.3) is 0 Å². The van der Waals surface area contributed by atoms with Crippen LogP contribution in [0.4, 0.5) is 16.3 Å². The van der Waals surface area contributed by atoms with E-state index in [-0.39, 0.29) is 6.03 Å². The zero-order valence-electron chi connectivity index (χ0n) is 14.1. The van der Waals surface area contributed by atoms with Gasteiger partial charge in [0.15, 0.2) is 0 Å². The van der Waals surface area contributed by atoms with Gasteiger partial charge in [-0.2, -0.15) is 5.10 Å². The van der Waals surface area contributed by atoms with Crippen LogP contribution in [0.15, 0.2) is 30.7 Å². The van der Waals surface area contributed by atoms with Crippen LogP contribution in [0.5, 0.6) is 0 Å². The van der Waals surface area contributed by atoms with Gasteiger partial charge in [-0.15, -0.1) is 0 Å². The molecule has 0 saturated carbocycles. The van der Waals surface area contributed by atoms with Crippen LogP contribution in [0, 0.1) is 0 Å². The van der Waals surface area contributed by atoms with Gasteiger partial charge in [0.1, 0.15) is 5.82 Å². The first-order chi connectivity index (χ1) is 12.2. The lowest BCUT2D eigenvalue weighted by Gasteiger charge is -2.35. The summed E-state index contributed by atoms with van der Waals surface area (Å²) in [4.78, 5) is 20.6. The van der Waals surface area contributed by atoms with Crippen molar-refractivity contribution in [1.82, 2.24) is 19.7 Å². The predicted molar refractivity (Wildman–Crippen MR) is 96.2 cm³/mol. The molecular weight excluding hydrogens is 344 g/mol. The maximum Gasteiger partial charge on any atom is 0.322 e. The number of methoxy groups -OCH3 is 1. The van der Waals surface area contributed by atoms with Crippen LogP contribution in [0.1, 0.15) is 0 Å². The Kier molecular flexibility index (Phi) is 5.72. The molecule has 1 fully saturated rings. The smallest absolute Gasteiger partial charge is 0.322 e. The van der Waals surface area contributed by atoms with Crippen molar-refractivity contribution in [2.75, 3.05) is 50.1 Å². The molecule has 0 bridgehead atoms. The third kappa shape index (κ3) is 4.40. The average Bonchev–Trinajstić information content (AvgIpc) is 3.08. The van der Waals surface area contributed by atoms with Crippen molar-refractivity contribution in [2.45, 2.75) is 6.54 Å². The van der Waals surface area contributed by atoms with Crippen LogP contribution in [0.3, 0.4) is 0 Å². The second-order valence-electron chi connectivity index (χ2n) is 5.70. The lowest BCUT2D eigenvalue weighted by Crippen LogP contribution is -2.50. The zero-order chi connectivity index (χ0) is 17.6. The highest BCUT2D eigenvalue weighted by atomic mass is 35.5. The summed E-state index contributed by atoms with van der Waals surface area (Å²) in [6, 6.07) is 3.50. The van der Waals surface area contributed by atoms with Crippen molar-refractivity contribution in [3.05, 3.63) is 35.7 Å². The van der Waals surface area contributed by atoms with E-state index in [1.54, 1.807) is 35.3 Å². The Hall–Kier alpha value is -2.32. The molecule has 25 heavy (non-hydrogen) atoms. The minimum atomic E-state index is -0.127. The molecule has 3 heterocycles. The van der Waals surface area contributed by atoms with E-state index < -0.39 is 0 Å². The van der Waals surface area contributed by atoms with E-state index in [0.717, 1.165) is 5.82 Å². The number of ether oxygens (including phenoxy) is 1. The Bertz CT molecular complexity index is 714. The molecule has 0 spiro atoms. The fourth-order valence-electron chi connectivity index (χ4n) is 2.67. The second-order valence-corrected chi connectivity index (χ2v) is 6.11. The standard InChI is InChI=1S/C16H21ClN6O2/c1-25-10-9-23-12-13(11-19-23)20-16(24)22-7-5-21(6-8-22)15-14(17)3-2-4-18-15/h2-4,11-12H,5-10H2,1H3,(H,20,24). The first-order valence-corrected chi connectivity index (χ1v) is 8.48. The second kappa shape index (κ2) is 8.17. The van der Waals surface area contributed by atoms with E-state index in [2.05, 4.69) is 20.3 Å². The molecule has 2 amide bonds. The number of halogens is 1. The van der Waals surface area contributed by atoms with Crippen LogP contribution < -0.4 is 10.2 Å². The van der Waals surface area contributed by atoms with Crippen LogP contribution in [-0.2, 0) is 11.3 Å². The summed E-state index contributed by atoms with van der Waals surface area (Å²) in [5, 5.41) is 7.69. The molecule has 1 saturated heterocycles. The molecule has 1 aliphatic rings. The number of piperazine rings is 1. The number of hydrogen-bond acceptors (Lipinski definition) is 5. The van der Waals surface area contributed by atoms with Gasteiger partial charge in [-0.3, -0.25) is 4.68 Å². The molecule has 1 aliphatic heterocycles. The van der Waals surface area contributed by atoms with E-state index in [0.29, 0.717) is 50.0 Å². The highest BCUT2D eigenvalue weighted by Gasteiger charge is 2.23. The molecule has 1 N–H and O–H groups in total. The van der Waals surface area contributed by atoms with Crippen LogP contribution in [-0.4, -0.2) is 65.6 Å². The summed E-state index contributed by atoms with van der Waals surface area (Å²) >= 11 is 6.19. The maximum absolute atomic E-state index is 12.4. The Labute approximate surface area is 151 Å². The fraction of sp³-hybridized carbons (Fsp3) is 0.438. The molecule has 0 unspecified atom stereocenters. The van der Waals surface area contributed by atoms with Crippen LogP contribution in [0.25, 0.3) is 0 Å². The van der Waals surface area contributed by atoms with Crippen molar-refractivity contribution in [2.24, 2.45) is 0 Å². The number of rotatable bonds is 5. The van der Waals surface area contributed by atoms with Gasteiger partial charge >= 0.3 is 6.03 Å². The third-order valence-corrected chi connectivity index (χ3v) is 4.31. The van der Waals surface area contributed by atoms with Crippen LogP contribution >= 0.6 is 11.6 Å². The fourth-order valence-corrected chi connectivity index (χ4v) is 2.91. The number of nitrogens with one attached hydrogen (secondary N) is 1. The summed E-state index contributed by atoms with van der Waals surface area (Å²) in [6.45, 7) is 3.82. The van der Waals surface area contributed by atoms with Gasteiger partial charge in [-0.25, -0.2) is 9.78 Å². The number of nitrogens with zero attached hydrogens (tertiary/aromatic N) is 5. The Morgan fingerprint density at radius 2 is 2.16 bits per heavy atom. The molecule has 3 rings (SSSR count). The number of anilines is 2. The number of hydrogen-bond donors (Lipinski definition) is 1. The van der Waals surface area contributed by atoms with Crippen molar-refractivity contribution >= 4 is 29.1 Å². The Morgan fingerprint density at radius 1 is 1.36 bits per heavy atom. The molecule has 0 atom stereocenters. The van der Waals surface area contributed by atoms with Gasteiger partial charge in [-0.05, 0) is 12.1 Å². The molecule has 8 nitrogen and oxygen atoms in total. The molecule has 0 aliphatic carbocycles. The predicted octanol–water partition coefficient (Wildman–Crippen LogP) is 1.93. The lowest BCUT2D eigenvalue weighted by atomic mass is 10.3. The topological polar surface area (TPSA) is 75.5 Å². The van der Waals surface area contributed by atoms with Crippen molar-refractivity contribution in [3.63, 3.8) is 0 Å². The van der Waals surface area contributed by atoms with E-state index in [9.17, 15) is 4.79 Å². The number of amides is 2. The number of carbonyl (C=O) groups is 1. The maximum atomic E-state index is 12.4. The minimum Gasteiger partial charge on any atom is -0.383 e. The monoisotopic (exact) mass is 364 g/mol. The summed E-state index contributed by atoms with van der Waals surface area (Å²) in [5.41, 5.74) is 0.677. The number of carbonyl (C=O) groups excluding carboxylic acids is 1. The molecule has 0 radical (unpaired) electrons. The number of pyridine rings is 1. The van der Waals surface area contributed by atoms with E-state index in [1.165, 1.54) is 0 Å². The normalized spacial score (nSPS) is 14.6. The van der Waals surface area contributed by atoms with Gasteiger partial charge < -0.3 is 19.9 Å². The quantitative estimate of drug-likeness (QED) is 0.877. The largest absolute Gasteiger partial charge is 0.383 e. The molecule has 2 aromatic rings. The van der Waals surface area contributed by atoms with Gasteiger partial charge in [0.2, 0.25) is 0 Å². The third-order valence-electron chi connectivity index (χ3n) is 4.01. The molecule has 0 aromatic carbocycles. The van der Waals surface area contributed by atoms with Crippen LogP contribution in [0.2, 0.25) is 5.02 Å². The van der Waals surface area contributed by atoms with E-state index in [1.807, 2.05) is 12.1 Å². The number of aromatic nitrogens is 3.